The Morgan fingerprint density at radius 2 is 1.90 bits per heavy atom. The van der Waals surface area contributed by atoms with Crippen molar-refractivity contribution in [1.82, 2.24) is 15.3 Å². The first kappa shape index (κ1) is 20.5. The van der Waals surface area contributed by atoms with Gasteiger partial charge in [0.25, 0.3) is 0 Å². The first-order valence-corrected chi connectivity index (χ1v) is 10.0. The summed E-state index contributed by atoms with van der Waals surface area (Å²) in [5.74, 6) is -2.39. The van der Waals surface area contributed by atoms with E-state index in [9.17, 15) is 19.5 Å². The molecule has 2 aromatic heterocycles. The van der Waals surface area contributed by atoms with Gasteiger partial charge in [0.1, 0.15) is 6.04 Å². The molecule has 150 valence electrons. The van der Waals surface area contributed by atoms with Crippen molar-refractivity contribution < 1.29 is 19.5 Å². The average molecular weight is 411 g/mol. The van der Waals surface area contributed by atoms with E-state index in [0.717, 1.165) is 5.56 Å². The highest BCUT2D eigenvalue weighted by Gasteiger charge is 2.28. The van der Waals surface area contributed by atoms with Gasteiger partial charge in [-0.1, -0.05) is 36.4 Å². The smallest absolute Gasteiger partial charge is 0.326 e. The van der Waals surface area contributed by atoms with Crippen molar-refractivity contribution in [2.45, 2.75) is 25.3 Å². The van der Waals surface area contributed by atoms with Crippen LogP contribution in [0.2, 0.25) is 0 Å². The van der Waals surface area contributed by atoms with Crippen LogP contribution in [-0.4, -0.2) is 38.8 Å². The molecule has 0 aliphatic rings. The number of carbonyl (C=O) groups excluding carboxylic acids is 2. The van der Waals surface area contributed by atoms with E-state index in [0.29, 0.717) is 17.0 Å². The van der Waals surface area contributed by atoms with Gasteiger partial charge in [0.15, 0.2) is 5.78 Å². The van der Waals surface area contributed by atoms with E-state index in [1.807, 2.05) is 35.7 Å². The van der Waals surface area contributed by atoms with Crippen LogP contribution in [0.5, 0.6) is 0 Å². The lowest BCUT2D eigenvalue weighted by atomic mass is 9.92. The molecule has 2 heterocycles. The first-order chi connectivity index (χ1) is 14.0. The number of nitrogens with one attached hydrogen (secondary N) is 2. The number of thiophene rings is 1. The Balaban J connectivity index is 1.74. The number of hydrogen-bond acceptors (Lipinski definition) is 5. The number of nitrogens with zero attached hydrogens (tertiary/aromatic N) is 1. The van der Waals surface area contributed by atoms with Gasteiger partial charge in [0, 0.05) is 30.7 Å². The molecule has 1 unspecified atom stereocenters. The quantitative estimate of drug-likeness (QED) is 0.444. The minimum absolute atomic E-state index is 0.0115. The topological polar surface area (TPSA) is 112 Å². The van der Waals surface area contributed by atoms with Gasteiger partial charge in [-0.15, -0.1) is 11.3 Å². The van der Waals surface area contributed by atoms with E-state index in [1.54, 1.807) is 12.1 Å². The fourth-order valence-corrected chi connectivity index (χ4v) is 3.70. The van der Waals surface area contributed by atoms with E-state index in [1.165, 1.54) is 23.9 Å². The minimum atomic E-state index is -1.14. The SMILES string of the molecule is O=C(CC(Cc1ccccc1)C(=O)N[C@H](Cc1cnc[nH]1)C(=O)O)c1cccs1. The minimum Gasteiger partial charge on any atom is -0.480 e. The number of aromatic amines is 1. The molecular weight excluding hydrogens is 390 g/mol. The highest BCUT2D eigenvalue weighted by atomic mass is 32.1. The summed E-state index contributed by atoms with van der Waals surface area (Å²) in [5, 5.41) is 13.9. The number of hydrogen-bond donors (Lipinski definition) is 3. The van der Waals surface area contributed by atoms with Gasteiger partial charge >= 0.3 is 5.97 Å². The number of ketones is 1. The van der Waals surface area contributed by atoms with Gasteiger partial charge in [0.2, 0.25) is 5.91 Å². The molecule has 3 N–H and O–H groups in total. The van der Waals surface area contributed by atoms with Crippen LogP contribution in [0.25, 0.3) is 0 Å². The zero-order valence-electron chi connectivity index (χ0n) is 15.6. The van der Waals surface area contributed by atoms with Crippen molar-refractivity contribution in [3.63, 3.8) is 0 Å². The second-order valence-electron chi connectivity index (χ2n) is 6.67. The van der Waals surface area contributed by atoms with Crippen LogP contribution in [-0.2, 0) is 22.4 Å². The summed E-state index contributed by atoms with van der Waals surface area (Å²) in [6, 6.07) is 11.8. The lowest BCUT2D eigenvalue weighted by molar-refractivity contribution is -0.142. The maximum Gasteiger partial charge on any atom is 0.326 e. The molecule has 0 spiro atoms. The standard InChI is InChI=1S/C21H21N3O4S/c25-18(19-7-4-8-29-19)10-15(9-14-5-2-1-3-6-14)20(26)24-17(21(27)28)11-16-12-22-13-23-16/h1-8,12-13,15,17H,9-11H2,(H,22,23)(H,24,26)(H,27,28)/t15?,17-/m1/s1. The number of rotatable bonds is 10. The van der Waals surface area contributed by atoms with Gasteiger partial charge in [-0.05, 0) is 23.4 Å². The highest BCUT2D eigenvalue weighted by Crippen LogP contribution is 2.19. The fourth-order valence-electron chi connectivity index (χ4n) is 3.02. The molecule has 1 aromatic carbocycles. The Bertz CT molecular complexity index is 940. The second-order valence-corrected chi connectivity index (χ2v) is 7.62. The van der Waals surface area contributed by atoms with Crippen molar-refractivity contribution in [2.24, 2.45) is 5.92 Å². The Hall–Kier alpha value is -3.26. The summed E-state index contributed by atoms with van der Waals surface area (Å²) in [4.78, 5) is 44.5. The van der Waals surface area contributed by atoms with Crippen LogP contribution in [0.1, 0.15) is 27.3 Å². The number of carboxylic acid groups (broad SMARTS) is 1. The van der Waals surface area contributed by atoms with Crippen LogP contribution in [0, 0.1) is 5.92 Å². The molecule has 29 heavy (non-hydrogen) atoms. The van der Waals surface area contributed by atoms with Crippen LogP contribution >= 0.6 is 11.3 Å². The molecule has 7 nitrogen and oxygen atoms in total. The molecule has 0 radical (unpaired) electrons. The van der Waals surface area contributed by atoms with Crippen molar-refractivity contribution in [3.8, 4) is 0 Å². The molecule has 0 saturated carbocycles. The lowest BCUT2D eigenvalue weighted by Gasteiger charge is -2.20. The maximum absolute atomic E-state index is 12.9. The number of aliphatic carboxylic acids is 1. The maximum atomic E-state index is 12.9. The van der Waals surface area contributed by atoms with E-state index < -0.39 is 23.8 Å². The van der Waals surface area contributed by atoms with Gasteiger partial charge in [-0.3, -0.25) is 9.59 Å². The van der Waals surface area contributed by atoms with Crippen molar-refractivity contribution in [3.05, 3.63) is 76.5 Å². The van der Waals surface area contributed by atoms with Gasteiger partial charge < -0.3 is 15.4 Å². The summed E-state index contributed by atoms with van der Waals surface area (Å²) < 4.78 is 0. The fraction of sp³-hybridized carbons (Fsp3) is 0.238. The third-order valence-electron chi connectivity index (χ3n) is 4.52. The number of carbonyl (C=O) groups is 3. The first-order valence-electron chi connectivity index (χ1n) is 9.14. The zero-order chi connectivity index (χ0) is 20.6. The number of carboxylic acids is 1. The van der Waals surface area contributed by atoms with Crippen LogP contribution in [0.15, 0.2) is 60.4 Å². The van der Waals surface area contributed by atoms with Gasteiger partial charge in [-0.2, -0.15) is 0 Å². The average Bonchev–Trinajstić information content (AvgIpc) is 3.41. The van der Waals surface area contributed by atoms with Crippen molar-refractivity contribution in [1.29, 1.82) is 0 Å². The number of Topliss-reactive ketones (excluding diaryl/α,β-unsaturated/α-hetero) is 1. The molecule has 2 atom stereocenters. The molecule has 0 fully saturated rings. The van der Waals surface area contributed by atoms with E-state index in [2.05, 4.69) is 15.3 Å². The molecular formula is C21H21N3O4S. The molecule has 0 aliphatic carbocycles. The summed E-state index contributed by atoms with van der Waals surface area (Å²) in [5.41, 5.74) is 1.51. The molecule has 0 saturated heterocycles. The van der Waals surface area contributed by atoms with Crippen LogP contribution < -0.4 is 5.32 Å². The molecule has 0 aliphatic heterocycles. The van der Waals surface area contributed by atoms with Crippen LogP contribution in [0.4, 0.5) is 0 Å². The molecule has 3 aromatic rings. The Kier molecular flexibility index (Phi) is 6.91. The highest BCUT2D eigenvalue weighted by molar-refractivity contribution is 7.12. The van der Waals surface area contributed by atoms with Gasteiger partial charge in [0.05, 0.1) is 11.2 Å². The van der Waals surface area contributed by atoms with Crippen molar-refractivity contribution in [2.75, 3.05) is 0 Å². The largest absolute Gasteiger partial charge is 0.480 e. The molecule has 8 heteroatoms. The van der Waals surface area contributed by atoms with E-state index in [-0.39, 0.29) is 18.6 Å². The number of aromatic nitrogens is 2. The molecule has 0 bridgehead atoms. The number of benzene rings is 1. The lowest BCUT2D eigenvalue weighted by Crippen LogP contribution is -2.45. The molecule has 1 amide bonds. The third kappa shape index (κ3) is 5.86. The van der Waals surface area contributed by atoms with Crippen molar-refractivity contribution >= 4 is 29.0 Å². The predicted molar refractivity (Wildman–Crippen MR) is 109 cm³/mol. The van der Waals surface area contributed by atoms with Gasteiger partial charge in [-0.25, -0.2) is 9.78 Å². The summed E-state index contributed by atoms with van der Waals surface area (Å²) >= 11 is 1.33. The monoisotopic (exact) mass is 411 g/mol. The Morgan fingerprint density at radius 1 is 1.10 bits per heavy atom. The number of amides is 1. The Morgan fingerprint density at radius 3 is 2.52 bits per heavy atom. The van der Waals surface area contributed by atoms with Crippen LogP contribution in [0.3, 0.4) is 0 Å². The summed E-state index contributed by atoms with van der Waals surface area (Å²) in [7, 11) is 0. The summed E-state index contributed by atoms with van der Waals surface area (Å²) in [6.45, 7) is 0. The second kappa shape index (κ2) is 9.79. The number of imidazole rings is 1. The Labute approximate surface area is 171 Å². The van der Waals surface area contributed by atoms with E-state index >= 15 is 0 Å². The third-order valence-corrected chi connectivity index (χ3v) is 5.43. The molecule has 3 rings (SSSR count). The van der Waals surface area contributed by atoms with E-state index in [4.69, 9.17) is 0 Å². The zero-order valence-corrected chi connectivity index (χ0v) is 16.4. The number of H-pyrrole nitrogens is 1. The normalized spacial score (nSPS) is 12.8. The predicted octanol–water partition coefficient (Wildman–Crippen LogP) is 2.72. The summed E-state index contributed by atoms with van der Waals surface area (Å²) in [6.07, 6.45) is 3.41.